The molecule has 1 aliphatic heterocycles. The minimum Gasteiger partial charge on any atom is -0.396 e. The van der Waals surface area contributed by atoms with Crippen molar-refractivity contribution in [2.75, 3.05) is 26.8 Å². The van der Waals surface area contributed by atoms with E-state index in [0.717, 1.165) is 68.6 Å². The maximum absolute atomic E-state index is 10.9. The summed E-state index contributed by atoms with van der Waals surface area (Å²) in [6.45, 7) is 9.80. The Balaban J connectivity index is 0.00000249. The average molecular weight is 448 g/mol. The number of nitrogens with zero attached hydrogens (tertiary/aromatic N) is 2. The number of rotatable bonds is 14. The number of aliphatic hydroxyl groups is 2. The van der Waals surface area contributed by atoms with E-state index in [4.69, 9.17) is 14.8 Å². The Morgan fingerprint density at radius 2 is 1.81 bits per heavy atom. The van der Waals surface area contributed by atoms with Crippen molar-refractivity contribution in [3.8, 4) is 0 Å². The first-order valence-electron chi connectivity index (χ1n) is 12.3. The zero-order valence-electron chi connectivity index (χ0n) is 20.8. The van der Waals surface area contributed by atoms with Crippen LogP contribution >= 0.6 is 0 Å². The van der Waals surface area contributed by atoms with Crippen LogP contribution in [0.4, 0.5) is 0 Å². The van der Waals surface area contributed by atoms with Crippen LogP contribution in [-0.4, -0.2) is 60.2 Å². The number of hydrogen-bond acceptors (Lipinski definition) is 6. The average Bonchev–Trinajstić information content (AvgIpc) is 2.83. The Morgan fingerprint density at radius 1 is 1.09 bits per heavy atom. The van der Waals surface area contributed by atoms with E-state index < -0.39 is 6.23 Å². The van der Waals surface area contributed by atoms with Gasteiger partial charge in [-0.25, -0.2) is 4.99 Å². The summed E-state index contributed by atoms with van der Waals surface area (Å²) < 4.78 is 5.59. The molecule has 1 heterocycles. The van der Waals surface area contributed by atoms with Crippen LogP contribution in [0.3, 0.4) is 0 Å². The van der Waals surface area contributed by atoms with Crippen molar-refractivity contribution in [2.24, 2.45) is 4.99 Å². The molecule has 0 amide bonds. The number of aryl methyl sites for hydroxylation is 1. The van der Waals surface area contributed by atoms with Crippen molar-refractivity contribution in [1.29, 1.82) is 0 Å². The van der Waals surface area contributed by atoms with E-state index >= 15 is 0 Å². The predicted octanol–water partition coefficient (Wildman–Crippen LogP) is 4.56. The standard InChI is InChI=1S/C24H39N3O3.C2H6/c1-4-6-7-10-22-26-21(20-13-11-19(5-2)12-14-20)17-24(29)27(22)18-23(30-3)25-15-8-9-16-28;1-2/h11-14,17,23-25,28-29H,4-10,15-16,18H2,1-3H3;1-2H3. The molecule has 1 aromatic rings. The van der Waals surface area contributed by atoms with Crippen LogP contribution in [0, 0.1) is 0 Å². The Morgan fingerprint density at radius 3 is 2.41 bits per heavy atom. The molecule has 2 unspecified atom stereocenters. The maximum atomic E-state index is 10.9. The minimum absolute atomic E-state index is 0.200. The van der Waals surface area contributed by atoms with Crippen molar-refractivity contribution in [3.05, 3.63) is 41.5 Å². The van der Waals surface area contributed by atoms with Gasteiger partial charge in [0.25, 0.3) is 0 Å². The molecule has 1 aromatic carbocycles. The molecule has 6 heteroatoms. The maximum Gasteiger partial charge on any atom is 0.149 e. The van der Waals surface area contributed by atoms with Gasteiger partial charge >= 0.3 is 0 Å². The third-order valence-corrected chi connectivity index (χ3v) is 5.47. The largest absolute Gasteiger partial charge is 0.396 e. The molecule has 1 aliphatic rings. The molecule has 32 heavy (non-hydrogen) atoms. The van der Waals surface area contributed by atoms with E-state index in [1.165, 1.54) is 5.56 Å². The fraction of sp³-hybridized carbons (Fsp3) is 0.654. The number of nitrogens with one attached hydrogen (secondary N) is 1. The van der Waals surface area contributed by atoms with Gasteiger partial charge in [0, 0.05) is 25.7 Å². The van der Waals surface area contributed by atoms with E-state index in [0.29, 0.717) is 6.54 Å². The Kier molecular flexibility index (Phi) is 14.9. The van der Waals surface area contributed by atoms with Crippen LogP contribution in [-0.2, 0) is 11.2 Å². The van der Waals surface area contributed by atoms with Gasteiger partial charge in [0.2, 0.25) is 0 Å². The third kappa shape index (κ3) is 9.41. The van der Waals surface area contributed by atoms with E-state index in [1.54, 1.807) is 7.11 Å². The van der Waals surface area contributed by atoms with Crippen molar-refractivity contribution in [3.63, 3.8) is 0 Å². The van der Waals surface area contributed by atoms with Gasteiger partial charge in [-0.2, -0.15) is 0 Å². The molecule has 0 spiro atoms. The summed E-state index contributed by atoms with van der Waals surface area (Å²) in [5, 5.41) is 23.2. The van der Waals surface area contributed by atoms with Crippen molar-refractivity contribution in [1.82, 2.24) is 10.2 Å². The van der Waals surface area contributed by atoms with Gasteiger partial charge in [-0.1, -0.05) is 64.8 Å². The molecule has 0 saturated carbocycles. The van der Waals surface area contributed by atoms with Crippen LogP contribution in [0.15, 0.2) is 35.3 Å². The number of aliphatic hydroxyl groups excluding tert-OH is 2. The number of benzene rings is 1. The molecular formula is C26H45N3O3. The summed E-state index contributed by atoms with van der Waals surface area (Å²) in [6.07, 6.45) is 7.68. The highest BCUT2D eigenvalue weighted by Crippen LogP contribution is 2.25. The minimum atomic E-state index is -0.739. The monoisotopic (exact) mass is 447 g/mol. The Bertz CT molecular complexity index is 673. The van der Waals surface area contributed by atoms with Crippen LogP contribution < -0.4 is 5.32 Å². The lowest BCUT2D eigenvalue weighted by Gasteiger charge is -2.35. The normalized spacial score (nSPS) is 16.7. The molecular weight excluding hydrogens is 402 g/mol. The summed E-state index contributed by atoms with van der Waals surface area (Å²) in [6, 6.07) is 8.42. The quantitative estimate of drug-likeness (QED) is 0.288. The molecule has 6 nitrogen and oxygen atoms in total. The van der Waals surface area contributed by atoms with Gasteiger partial charge in [-0.05, 0) is 43.9 Å². The van der Waals surface area contributed by atoms with Gasteiger partial charge in [-0.15, -0.1) is 0 Å². The number of ether oxygens (including phenoxy) is 1. The van der Waals surface area contributed by atoms with Crippen LogP contribution in [0.1, 0.15) is 77.3 Å². The number of hydrogen-bond donors (Lipinski definition) is 3. The molecule has 2 atom stereocenters. The molecule has 3 N–H and O–H groups in total. The lowest BCUT2D eigenvalue weighted by molar-refractivity contribution is 0.0140. The zero-order chi connectivity index (χ0) is 23.8. The second-order valence-corrected chi connectivity index (χ2v) is 7.76. The Hall–Kier alpha value is -1.73. The molecule has 182 valence electrons. The molecule has 0 radical (unpaired) electrons. The molecule has 2 rings (SSSR count). The zero-order valence-corrected chi connectivity index (χ0v) is 20.8. The van der Waals surface area contributed by atoms with Gasteiger partial charge < -0.3 is 19.8 Å². The smallest absolute Gasteiger partial charge is 0.149 e. The van der Waals surface area contributed by atoms with E-state index in [1.807, 2.05) is 24.8 Å². The van der Waals surface area contributed by atoms with Crippen molar-refractivity contribution < 1.29 is 14.9 Å². The van der Waals surface area contributed by atoms with Crippen molar-refractivity contribution in [2.45, 2.75) is 85.1 Å². The first-order chi connectivity index (χ1) is 15.6. The first kappa shape index (κ1) is 28.3. The van der Waals surface area contributed by atoms with Crippen molar-refractivity contribution >= 4 is 11.5 Å². The van der Waals surface area contributed by atoms with Gasteiger partial charge in [-0.3, -0.25) is 5.32 Å². The highest BCUT2D eigenvalue weighted by atomic mass is 16.5. The third-order valence-electron chi connectivity index (χ3n) is 5.47. The number of unbranched alkanes of at least 4 members (excludes halogenated alkanes) is 3. The van der Waals surface area contributed by atoms with Crippen LogP contribution in [0.5, 0.6) is 0 Å². The second kappa shape index (κ2) is 16.8. The number of amidine groups is 1. The van der Waals surface area contributed by atoms with E-state index in [9.17, 15) is 5.11 Å². The van der Waals surface area contributed by atoms with Crippen LogP contribution in [0.25, 0.3) is 5.70 Å². The lowest BCUT2D eigenvalue weighted by Crippen LogP contribution is -2.50. The fourth-order valence-electron chi connectivity index (χ4n) is 3.54. The molecule has 0 aliphatic carbocycles. The fourth-order valence-corrected chi connectivity index (χ4v) is 3.54. The number of methoxy groups -OCH3 is 1. The second-order valence-electron chi connectivity index (χ2n) is 7.76. The first-order valence-corrected chi connectivity index (χ1v) is 12.3. The Labute approximate surface area is 195 Å². The van der Waals surface area contributed by atoms with Gasteiger partial charge in [0.15, 0.2) is 0 Å². The molecule has 0 aromatic heterocycles. The summed E-state index contributed by atoms with van der Waals surface area (Å²) in [4.78, 5) is 6.87. The summed E-state index contributed by atoms with van der Waals surface area (Å²) in [5.41, 5.74) is 3.15. The molecule has 0 saturated heterocycles. The highest BCUT2D eigenvalue weighted by Gasteiger charge is 2.26. The highest BCUT2D eigenvalue weighted by molar-refractivity contribution is 5.90. The summed E-state index contributed by atoms with van der Waals surface area (Å²) in [5.74, 6) is 0.909. The molecule has 0 fully saturated rings. The summed E-state index contributed by atoms with van der Waals surface area (Å²) in [7, 11) is 1.67. The lowest BCUT2D eigenvalue weighted by atomic mass is 10.1. The van der Waals surface area contributed by atoms with Gasteiger partial charge in [0.1, 0.15) is 18.3 Å². The predicted molar refractivity (Wildman–Crippen MR) is 135 cm³/mol. The topological polar surface area (TPSA) is 77.3 Å². The van der Waals surface area contributed by atoms with E-state index in [-0.39, 0.29) is 12.8 Å². The summed E-state index contributed by atoms with van der Waals surface area (Å²) >= 11 is 0. The van der Waals surface area contributed by atoms with Crippen LogP contribution in [0.2, 0.25) is 0 Å². The number of aliphatic imine (C=N–C) groups is 1. The SMILES string of the molecule is CC.CCCCCC1=NC(c2ccc(CC)cc2)=CC(O)N1CC(NCCCCO)OC. The van der Waals surface area contributed by atoms with Gasteiger partial charge in [0.05, 0.1) is 12.2 Å². The van der Waals surface area contributed by atoms with E-state index in [2.05, 4.69) is 43.4 Å². The molecule has 0 bridgehead atoms.